The van der Waals surface area contributed by atoms with E-state index in [0.29, 0.717) is 12.3 Å². The number of halogens is 1. The third kappa shape index (κ3) is 3.48. The van der Waals surface area contributed by atoms with Crippen molar-refractivity contribution < 1.29 is 8.95 Å². The third-order valence-corrected chi connectivity index (χ3v) is 5.35. The lowest BCUT2D eigenvalue weighted by Gasteiger charge is -2.10. The Morgan fingerprint density at radius 2 is 2.00 bits per heavy atom. The van der Waals surface area contributed by atoms with Crippen LogP contribution < -0.4 is 10.5 Å². The molecule has 0 amide bonds. The Morgan fingerprint density at radius 1 is 1.25 bits per heavy atom. The molecular weight excluding hydrogens is 338 g/mol. The van der Waals surface area contributed by atoms with Gasteiger partial charge in [0, 0.05) is 16.6 Å². The van der Waals surface area contributed by atoms with Crippen LogP contribution in [-0.4, -0.2) is 11.3 Å². The van der Waals surface area contributed by atoms with E-state index in [1.807, 2.05) is 42.5 Å². The van der Waals surface area contributed by atoms with E-state index in [0.717, 1.165) is 26.2 Å². The highest BCUT2D eigenvalue weighted by atomic mass is 79.9. The Bertz CT molecular complexity index is 631. The van der Waals surface area contributed by atoms with Crippen LogP contribution in [0.2, 0.25) is 0 Å². The molecule has 0 bridgehead atoms. The molecule has 20 heavy (non-hydrogen) atoms. The molecule has 0 aliphatic rings. The standard InChI is InChI=1S/C15H16BrNO2S/c1-19-14-8-11(6-7-12(14)9-17)10-20(18)15-5-3-2-4-13(15)16/h2-8H,9-10,17H2,1H3. The van der Waals surface area contributed by atoms with Crippen molar-refractivity contribution >= 4 is 26.7 Å². The summed E-state index contributed by atoms with van der Waals surface area (Å²) in [5.74, 6) is 1.19. The zero-order valence-corrected chi connectivity index (χ0v) is 13.5. The monoisotopic (exact) mass is 353 g/mol. The highest BCUT2D eigenvalue weighted by molar-refractivity contribution is 9.10. The van der Waals surface area contributed by atoms with Crippen LogP contribution in [0.25, 0.3) is 0 Å². The maximum atomic E-state index is 12.4. The summed E-state index contributed by atoms with van der Waals surface area (Å²) in [6, 6.07) is 13.3. The van der Waals surface area contributed by atoms with E-state index >= 15 is 0 Å². The van der Waals surface area contributed by atoms with Gasteiger partial charge in [-0.25, -0.2) is 0 Å². The van der Waals surface area contributed by atoms with E-state index in [1.165, 1.54) is 0 Å². The smallest absolute Gasteiger partial charge is 0.123 e. The van der Waals surface area contributed by atoms with Gasteiger partial charge in [-0.2, -0.15) is 0 Å². The topological polar surface area (TPSA) is 52.3 Å². The fraction of sp³-hybridized carbons (Fsp3) is 0.200. The molecule has 0 radical (unpaired) electrons. The van der Waals surface area contributed by atoms with Crippen LogP contribution in [0, 0.1) is 0 Å². The Morgan fingerprint density at radius 3 is 2.65 bits per heavy atom. The average molecular weight is 354 g/mol. The molecule has 0 fully saturated rings. The predicted octanol–water partition coefficient (Wildman–Crippen LogP) is 3.22. The number of ether oxygens (including phenoxy) is 1. The lowest BCUT2D eigenvalue weighted by molar-refractivity contribution is 0.409. The summed E-state index contributed by atoms with van der Waals surface area (Å²) in [6.45, 7) is 0.427. The van der Waals surface area contributed by atoms with Gasteiger partial charge in [-0.05, 0) is 39.7 Å². The minimum atomic E-state index is -1.10. The first-order chi connectivity index (χ1) is 9.65. The molecule has 0 aliphatic carbocycles. The second-order valence-electron chi connectivity index (χ2n) is 4.27. The summed E-state index contributed by atoms with van der Waals surface area (Å²) in [7, 11) is 0.516. The summed E-state index contributed by atoms with van der Waals surface area (Å²) >= 11 is 3.43. The first-order valence-electron chi connectivity index (χ1n) is 6.14. The van der Waals surface area contributed by atoms with Gasteiger partial charge in [0.15, 0.2) is 0 Å². The Balaban J connectivity index is 2.22. The largest absolute Gasteiger partial charge is 0.496 e. The van der Waals surface area contributed by atoms with Crippen molar-refractivity contribution in [1.82, 2.24) is 0 Å². The molecule has 0 spiro atoms. The highest BCUT2D eigenvalue weighted by Gasteiger charge is 2.10. The molecule has 0 aromatic heterocycles. The fourth-order valence-electron chi connectivity index (χ4n) is 1.91. The van der Waals surface area contributed by atoms with Gasteiger partial charge in [-0.3, -0.25) is 4.21 Å². The molecule has 2 aromatic rings. The van der Waals surface area contributed by atoms with Crippen LogP contribution >= 0.6 is 15.9 Å². The van der Waals surface area contributed by atoms with Crippen LogP contribution in [0.4, 0.5) is 0 Å². The zero-order chi connectivity index (χ0) is 14.5. The first-order valence-corrected chi connectivity index (χ1v) is 8.25. The number of hydrogen-bond donors (Lipinski definition) is 1. The van der Waals surface area contributed by atoms with Crippen LogP contribution in [0.3, 0.4) is 0 Å². The number of rotatable bonds is 5. The van der Waals surface area contributed by atoms with Gasteiger partial charge in [-0.1, -0.05) is 24.3 Å². The van der Waals surface area contributed by atoms with Gasteiger partial charge < -0.3 is 10.5 Å². The number of hydrogen-bond acceptors (Lipinski definition) is 3. The van der Waals surface area contributed by atoms with Gasteiger partial charge in [0.2, 0.25) is 0 Å². The summed E-state index contributed by atoms with van der Waals surface area (Å²) < 4.78 is 18.6. The molecule has 0 aliphatic heterocycles. The van der Waals surface area contributed by atoms with Crippen molar-refractivity contribution in [1.29, 1.82) is 0 Å². The minimum Gasteiger partial charge on any atom is -0.496 e. The van der Waals surface area contributed by atoms with Crippen molar-refractivity contribution in [3.63, 3.8) is 0 Å². The molecule has 3 nitrogen and oxygen atoms in total. The average Bonchev–Trinajstić information content (AvgIpc) is 2.47. The second kappa shape index (κ2) is 7.02. The molecule has 2 N–H and O–H groups in total. The molecule has 1 atom stereocenters. The molecule has 106 valence electrons. The summed E-state index contributed by atoms with van der Waals surface area (Å²) in [4.78, 5) is 0.800. The fourth-order valence-corrected chi connectivity index (χ4v) is 3.89. The molecule has 2 rings (SSSR count). The molecule has 0 saturated heterocycles. The number of methoxy groups -OCH3 is 1. The van der Waals surface area contributed by atoms with Crippen molar-refractivity contribution in [2.24, 2.45) is 5.73 Å². The molecule has 1 unspecified atom stereocenters. The van der Waals surface area contributed by atoms with E-state index in [-0.39, 0.29) is 0 Å². The maximum absolute atomic E-state index is 12.4. The normalized spacial score (nSPS) is 12.2. The minimum absolute atomic E-state index is 0.427. The molecule has 0 heterocycles. The Hall–Kier alpha value is -1.17. The van der Waals surface area contributed by atoms with Gasteiger partial charge in [0.05, 0.1) is 28.6 Å². The van der Waals surface area contributed by atoms with E-state index < -0.39 is 10.8 Å². The zero-order valence-electron chi connectivity index (χ0n) is 11.1. The van der Waals surface area contributed by atoms with Gasteiger partial charge >= 0.3 is 0 Å². The van der Waals surface area contributed by atoms with E-state index in [4.69, 9.17) is 10.5 Å². The van der Waals surface area contributed by atoms with Crippen LogP contribution in [0.1, 0.15) is 11.1 Å². The van der Waals surface area contributed by atoms with Crippen molar-refractivity contribution in [2.45, 2.75) is 17.2 Å². The maximum Gasteiger partial charge on any atom is 0.123 e. The third-order valence-electron chi connectivity index (χ3n) is 2.95. The van der Waals surface area contributed by atoms with E-state index in [1.54, 1.807) is 7.11 Å². The van der Waals surface area contributed by atoms with E-state index in [9.17, 15) is 4.21 Å². The quantitative estimate of drug-likeness (QED) is 0.897. The number of benzene rings is 2. The van der Waals surface area contributed by atoms with Gasteiger partial charge in [0.25, 0.3) is 0 Å². The summed E-state index contributed by atoms with van der Waals surface area (Å²) in [6.07, 6.45) is 0. The van der Waals surface area contributed by atoms with Crippen LogP contribution in [0.5, 0.6) is 5.75 Å². The molecular formula is C15H16BrNO2S. The Kier molecular flexibility index (Phi) is 5.34. The lowest BCUT2D eigenvalue weighted by atomic mass is 10.1. The SMILES string of the molecule is COc1cc(CS(=O)c2ccccc2Br)ccc1CN. The van der Waals surface area contributed by atoms with Crippen LogP contribution in [-0.2, 0) is 23.1 Å². The lowest BCUT2D eigenvalue weighted by Crippen LogP contribution is -2.02. The predicted molar refractivity (Wildman–Crippen MR) is 85.1 cm³/mol. The van der Waals surface area contributed by atoms with E-state index in [2.05, 4.69) is 15.9 Å². The first kappa shape index (κ1) is 15.2. The van der Waals surface area contributed by atoms with Crippen LogP contribution in [0.15, 0.2) is 51.8 Å². The molecule has 2 aromatic carbocycles. The highest BCUT2D eigenvalue weighted by Crippen LogP contribution is 2.24. The van der Waals surface area contributed by atoms with Gasteiger partial charge in [0.1, 0.15) is 5.75 Å². The number of nitrogens with two attached hydrogens (primary N) is 1. The summed E-state index contributed by atoms with van der Waals surface area (Å²) in [5.41, 5.74) is 7.56. The van der Waals surface area contributed by atoms with Gasteiger partial charge in [-0.15, -0.1) is 0 Å². The Labute approximate surface area is 129 Å². The summed E-state index contributed by atoms with van der Waals surface area (Å²) in [5, 5.41) is 0. The van der Waals surface area contributed by atoms with Crippen molar-refractivity contribution in [3.05, 3.63) is 58.1 Å². The molecule has 0 saturated carbocycles. The van der Waals surface area contributed by atoms with Crippen molar-refractivity contribution in [2.75, 3.05) is 7.11 Å². The van der Waals surface area contributed by atoms with Crippen molar-refractivity contribution in [3.8, 4) is 5.75 Å². The molecule has 5 heteroatoms. The second-order valence-corrected chi connectivity index (χ2v) is 6.54.